The third-order valence-corrected chi connectivity index (χ3v) is 4.26. The largest absolute Gasteiger partial charge is 0.449 e. The second kappa shape index (κ2) is 4.61. The van der Waals surface area contributed by atoms with Crippen molar-refractivity contribution in [3.63, 3.8) is 0 Å². The molecule has 2 heterocycles. The number of carbonyl (C=O) groups is 1. The van der Waals surface area contributed by atoms with Crippen LogP contribution in [0.3, 0.4) is 0 Å². The third-order valence-electron chi connectivity index (χ3n) is 3.52. The standard InChI is InChI=1S/C15H18BrNO4/c1-14(2)8-19-17(13(14)18)7-9-5-11-12(6-10(9)16)21-15(3,4)20-11/h5-6H,7-8H2,1-4H3. The van der Waals surface area contributed by atoms with Crippen molar-refractivity contribution in [2.75, 3.05) is 6.61 Å². The number of fused-ring (bicyclic) bond motifs is 1. The summed E-state index contributed by atoms with van der Waals surface area (Å²) in [6, 6.07) is 3.75. The Bertz CT molecular complexity index is 612. The van der Waals surface area contributed by atoms with E-state index in [1.54, 1.807) is 0 Å². The summed E-state index contributed by atoms with van der Waals surface area (Å²) in [5.41, 5.74) is 0.450. The molecule has 1 aromatic rings. The molecule has 21 heavy (non-hydrogen) atoms. The molecule has 0 bridgehead atoms. The molecule has 114 valence electrons. The molecule has 0 aromatic heterocycles. The van der Waals surface area contributed by atoms with Crippen LogP contribution in [-0.4, -0.2) is 23.4 Å². The minimum Gasteiger partial charge on any atom is -0.449 e. The minimum absolute atomic E-state index is 0.00704. The lowest BCUT2D eigenvalue weighted by Gasteiger charge is -2.17. The third kappa shape index (κ3) is 2.62. The fourth-order valence-corrected chi connectivity index (χ4v) is 2.83. The molecule has 6 heteroatoms. The van der Waals surface area contributed by atoms with E-state index in [4.69, 9.17) is 14.3 Å². The van der Waals surface area contributed by atoms with Gasteiger partial charge in [0.05, 0.1) is 18.6 Å². The highest BCUT2D eigenvalue weighted by Gasteiger charge is 2.41. The predicted molar refractivity (Wildman–Crippen MR) is 79.8 cm³/mol. The van der Waals surface area contributed by atoms with Gasteiger partial charge in [-0.3, -0.25) is 9.63 Å². The number of carbonyl (C=O) groups excluding carboxylic acids is 1. The van der Waals surface area contributed by atoms with Crippen LogP contribution in [0, 0.1) is 5.41 Å². The second-order valence-electron chi connectivity index (χ2n) is 6.49. The molecule has 1 fully saturated rings. The van der Waals surface area contributed by atoms with E-state index in [-0.39, 0.29) is 5.91 Å². The Morgan fingerprint density at radius 3 is 2.38 bits per heavy atom. The van der Waals surface area contributed by atoms with Gasteiger partial charge in [0.25, 0.3) is 5.91 Å². The summed E-state index contributed by atoms with van der Waals surface area (Å²) in [6.45, 7) is 8.26. The first-order valence-electron chi connectivity index (χ1n) is 6.83. The van der Waals surface area contributed by atoms with Crippen molar-refractivity contribution in [1.29, 1.82) is 0 Å². The van der Waals surface area contributed by atoms with Gasteiger partial charge in [0, 0.05) is 18.3 Å². The summed E-state index contributed by atoms with van der Waals surface area (Å²) in [6.07, 6.45) is 0. The van der Waals surface area contributed by atoms with E-state index in [9.17, 15) is 4.79 Å². The zero-order valence-corrected chi connectivity index (χ0v) is 14.1. The molecule has 0 N–H and O–H groups in total. The molecule has 0 radical (unpaired) electrons. The molecule has 3 rings (SSSR count). The van der Waals surface area contributed by atoms with Crippen LogP contribution in [0.5, 0.6) is 11.5 Å². The molecule has 1 amide bonds. The number of hydrogen-bond donors (Lipinski definition) is 0. The zero-order chi connectivity index (χ0) is 15.4. The van der Waals surface area contributed by atoms with E-state index >= 15 is 0 Å². The molecule has 1 aromatic carbocycles. The Balaban J connectivity index is 1.84. The molecular formula is C15H18BrNO4. The molecular weight excluding hydrogens is 338 g/mol. The highest BCUT2D eigenvalue weighted by Crippen LogP contribution is 2.43. The number of halogens is 1. The van der Waals surface area contributed by atoms with Gasteiger partial charge in [-0.1, -0.05) is 15.9 Å². The van der Waals surface area contributed by atoms with Crippen molar-refractivity contribution in [2.24, 2.45) is 5.41 Å². The fraction of sp³-hybridized carbons (Fsp3) is 0.533. The maximum absolute atomic E-state index is 12.2. The average Bonchev–Trinajstić information content (AvgIpc) is 2.78. The minimum atomic E-state index is -0.664. The Morgan fingerprint density at radius 1 is 1.19 bits per heavy atom. The van der Waals surface area contributed by atoms with E-state index < -0.39 is 11.2 Å². The van der Waals surface area contributed by atoms with Crippen molar-refractivity contribution in [3.8, 4) is 11.5 Å². The van der Waals surface area contributed by atoms with Crippen molar-refractivity contribution in [3.05, 3.63) is 22.2 Å². The lowest BCUT2D eigenvalue weighted by molar-refractivity contribution is -0.165. The van der Waals surface area contributed by atoms with Crippen LogP contribution in [0.15, 0.2) is 16.6 Å². The number of ether oxygens (including phenoxy) is 2. The van der Waals surface area contributed by atoms with Crippen LogP contribution in [0.2, 0.25) is 0 Å². The molecule has 0 spiro atoms. The van der Waals surface area contributed by atoms with E-state index in [1.807, 2.05) is 39.8 Å². The van der Waals surface area contributed by atoms with Gasteiger partial charge in [0.2, 0.25) is 5.79 Å². The molecule has 0 saturated carbocycles. The van der Waals surface area contributed by atoms with Crippen molar-refractivity contribution in [2.45, 2.75) is 40.0 Å². The molecule has 0 unspecified atom stereocenters. The maximum Gasteiger partial charge on any atom is 0.254 e. The van der Waals surface area contributed by atoms with Gasteiger partial charge in [-0.25, -0.2) is 5.06 Å². The van der Waals surface area contributed by atoms with Crippen LogP contribution in [0.1, 0.15) is 33.3 Å². The van der Waals surface area contributed by atoms with E-state index in [0.717, 1.165) is 10.0 Å². The monoisotopic (exact) mass is 355 g/mol. The normalized spacial score (nSPS) is 22.0. The molecule has 0 aliphatic carbocycles. The zero-order valence-electron chi connectivity index (χ0n) is 12.5. The topological polar surface area (TPSA) is 48.0 Å². The van der Waals surface area contributed by atoms with Crippen LogP contribution in [-0.2, 0) is 16.2 Å². The lowest BCUT2D eigenvalue weighted by atomic mass is 9.95. The summed E-state index contributed by atoms with van der Waals surface area (Å²) in [5.74, 6) is 0.712. The quantitative estimate of drug-likeness (QED) is 0.816. The van der Waals surface area contributed by atoms with Gasteiger partial charge >= 0.3 is 0 Å². The van der Waals surface area contributed by atoms with Gasteiger partial charge in [0.1, 0.15) is 0 Å². The molecule has 0 atom stereocenters. The van der Waals surface area contributed by atoms with Gasteiger partial charge in [-0.2, -0.15) is 0 Å². The Hall–Kier alpha value is -1.27. The SMILES string of the molecule is CC1(C)Oc2cc(Br)c(CN3OCC(C)(C)C3=O)cc2O1. The Kier molecular flexibility index (Phi) is 3.22. The van der Waals surface area contributed by atoms with Crippen molar-refractivity contribution < 1.29 is 19.1 Å². The first-order valence-corrected chi connectivity index (χ1v) is 7.63. The summed E-state index contributed by atoms with van der Waals surface area (Å²) < 4.78 is 12.3. The van der Waals surface area contributed by atoms with Gasteiger partial charge in [-0.15, -0.1) is 0 Å². The number of hydroxylamine groups is 2. The first kappa shape index (κ1) is 14.7. The van der Waals surface area contributed by atoms with Crippen LogP contribution in [0.25, 0.3) is 0 Å². The number of rotatable bonds is 2. The summed E-state index contributed by atoms with van der Waals surface area (Å²) in [7, 11) is 0. The van der Waals surface area contributed by atoms with Crippen molar-refractivity contribution in [1.82, 2.24) is 5.06 Å². The second-order valence-corrected chi connectivity index (χ2v) is 7.35. The van der Waals surface area contributed by atoms with Gasteiger partial charge in [0.15, 0.2) is 11.5 Å². The fourth-order valence-electron chi connectivity index (χ4n) is 2.38. The predicted octanol–water partition coefficient (Wildman–Crippen LogP) is 3.26. The number of amides is 1. The van der Waals surface area contributed by atoms with Gasteiger partial charge < -0.3 is 9.47 Å². The number of hydrogen-bond acceptors (Lipinski definition) is 4. The van der Waals surface area contributed by atoms with Crippen molar-refractivity contribution >= 4 is 21.8 Å². The van der Waals surface area contributed by atoms with Crippen LogP contribution >= 0.6 is 15.9 Å². The number of benzene rings is 1. The molecule has 2 aliphatic rings. The van der Waals surface area contributed by atoms with Crippen LogP contribution < -0.4 is 9.47 Å². The Morgan fingerprint density at radius 2 is 1.81 bits per heavy atom. The number of nitrogens with zero attached hydrogens (tertiary/aromatic N) is 1. The average molecular weight is 356 g/mol. The van der Waals surface area contributed by atoms with Gasteiger partial charge in [-0.05, 0) is 31.5 Å². The summed E-state index contributed by atoms with van der Waals surface area (Å²) in [5, 5.41) is 1.41. The van der Waals surface area contributed by atoms with E-state index in [2.05, 4.69) is 15.9 Å². The molecule has 5 nitrogen and oxygen atoms in total. The smallest absolute Gasteiger partial charge is 0.254 e. The maximum atomic E-state index is 12.2. The lowest BCUT2D eigenvalue weighted by Crippen LogP contribution is -2.30. The van der Waals surface area contributed by atoms with E-state index in [1.165, 1.54) is 5.06 Å². The Labute approximate surface area is 132 Å². The molecule has 1 saturated heterocycles. The highest BCUT2D eigenvalue weighted by molar-refractivity contribution is 9.10. The summed E-state index contributed by atoms with van der Waals surface area (Å²) >= 11 is 3.51. The molecule has 2 aliphatic heterocycles. The summed E-state index contributed by atoms with van der Waals surface area (Å²) in [4.78, 5) is 17.7. The van der Waals surface area contributed by atoms with E-state index in [0.29, 0.717) is 24.7 Å². The first-order chi connectivity index (χ1) is 9.68. The highest BCUT2D eigenvalue weighted by atomic mass is 79.9. The van der Waals surface area contributed by atoms with Crippen LogP contribution in [0.4, 0.5) is 0 Å².